The lowest BCUT2D eigenvalue weighted by Crippen LogP contribution is -2.68. The van der Waals surface area contributed by atoms with E-state index in [-0.39, 0.29) is 5.41 Å². The van der Waals surface area contributed by atoms with E-state index in [4.69, 9.17) is 19.2 Å². The predicted molar refractivity (Wildman–Crippen MR) is 120 cm³/mol. The first kappa shape index (κ1) is 21.1. The minimum absolute atomic E-state index is 0.135. The molecule has 0 aromatic heterocycles. The van der Waals surface area contributed by atoms with E-state index in [1.165, 1.54) is 0 Å². The van der Waals surface area contributed by atoms with Crippen LogP contribution >= 0.6 is 0 Å². The molecule has 4 unspecified atom stereocenters. The first-order valence-corrected chi connectivity index (χ1v) is 11.1. The van der Waals surface area contributed by atoms with Gasteiger partial charge < -0.3 is 29.7 Å². The van der Waals surface area contributed by atoms with Crippen LogP contribution in [0.15, 0.2) is 23.2 Å². The van der Waals surface area contributed by atoms with E-state index in [9.17, 15) is 0 Å². The quantitative estimate of drug-likeness (QED) is 0.549. The van der Waals surface area contributed by atoms with Gasteiger partial charge in [-0.15, -0.1) is 0 Å². The summed E-state index contributed by atoms with van der Waals surface area (Å²) in [4.78, 5) is 7.11. The second-order valence-electron chi connectivity index (χ2n) is 9.16. The summed E-state index contributed by atoms with van der Waals surface area (Å²) in [6.45, 7) is 10.2. The van der Waals surface area contributed by atoms with Crippen LogP contribution in [0.25, 0.3) is 0 Å². The van der Waals surface area contributed by atoms with Crippen LogP contribution < -0.4 is 25.0 Å². The van der Waals surface area contributed by atoms with E-state index in [1.807, 2.05) is 6.07 Å². The van der Waals surface area contributed by atoms with Gasteiger partial charge in [0.25, 0.3) is 0 Å². The van der Waals surface area contributed by atoms with Gasteiger partial charge >= 0.3 is 0 Å². The Bertz CT molecular complexity index is 759. The number of hydrogen-bond acceptors (Lipinski definition) is 5. The second kappa shape index (κ2) is 8.53. The lowest BCUT2D eigenvalue weighted by atomic mass is 9.57. The van der Waals surface area contributed by atoms with Gasteiger partial charge in [-0.2, -0.15) is 0 Å². The topological polar surface area (TPSA) is 67.4 Å². The molecule has 3 aliphatic rings. The van der Waals surface area contributed by atoms with E-state index < -0.39 is 0 Å². The molecule has 4 rings (SSSR count). The van der Waals surface area contributed by atoms with Crippen molar-refractivity contribution in [3.63, 3.8) is 0 Å². The van der Waals surface area contributed by atoms with Crippen molar-refractivity contribution < 1.29 is 14.2 Å². The van der Waals surface area contributed by atoms with Crippen molar-refractivity contribution in [2.75, 3.05) is 45.4 Å². The highest BCUT2D eigenvalue weighted by Crippen LogP contribution is 2.52. The van der Waals surface area contributed by atoms with Gasteiger partial charge in [-0.3, -0.25) is 4.99 Å². The summed E-state index contributed by atoms with van der Waals surface area (Å²) in [5.41, 5.74) is 1.26. The number of aliphatic imine (C=N–C) groups is 1. The molecule has 1 saturated carbocycles. The number of benzene rings is 1. The van der Waals surface area contributed by atoms with E-state index >= 15 is 0 Å². The summed E-state index contributed by atoms with van der Waals surface area (Å²) in [6, 6.07) is 6.80. The zero-order valence-corrected chi connectivity index (χ0v) is 18.9. The summed E-state index contributed by atoms with van der Waals surface area (Å²) in [5.74, 6) is 3.15. The number of nitrogens with zero attached hydrogens (tertiary/aromatic N) is 2. The fourth-order valence-corrected chi connectivity index (χ4v) is 5.34. The molecule has 2 N–H and O–H groups in total. The molecule has 1 aromatic rings. The maximum atomic E-state index is 5.95. The highest BCUT2D eigenvalue weighted by atomic mass is 16.5. The van der Waals surface area contributed by atoms with Gasteiger partial charge in [-0.25, -0.2) is 0 Å². The first-order chi connectivity index (χ1) is 14.5. The van der Waals surface area contributed by atoms with Crippen LogP contribution in [0, 0.1) is 11.3 Å². The van der Waals surface area contributed by atoms with Crippen LogP contribution in [-0.2, 0) is 4.74 Å². The van der Waals surface area contributed by atoms with Crippen molar-refractivity contribution in [2.24, 2.45) is 16.3 Å². The molecule has 0 amide bonds. The molecule has 0 bridgehead atoms. The zero-order chi connectivity index (χ0) is 21.3. The Balaban J connectivity index is 1.39. The normalized spacial score (nSPS) is 29.9. The van der Waals surface area contributed by atoms with E-state index in [2.05, 4.69) is 48.4 Å². The molecule has 4 atom stereocenters. The Kier molecular flexibility index (Phi) is 6.00. The molecular formula is C23H36N4O3. The fraction of sp³-hybridized carbons (Fsp3) is 0.696. The Morgan fingerprint density at radius 2 is 1.90 bits per heavy atom. The Morgan fingerprint density at radius 3 is 2.57 bits per heavy atom. The molecule has 166 valence electrons. The van der Waals surface area contributed by atoms with Crippen LogP contribution in [0.3, 0.4) is 0 Å². The fourth-order valence-electron chi connectivity index (χ4n) is 5.34. The monoisotopic (exact) mass is 416 g/mol. The van der Waals surface area contributed by atoms with Gasteiger partial charge in [-0.05, 0) is 19.8 Å². The molecule has 7 nitrogen and oxygen atoms in total. The number of ether oxygens (including phenoxy) is 3. The van der Waals surface area contributed by atoms with Crippen molar-refractivity contribution in [1.82, 2.24) is 10.6 Å². The number of methoxy groups -OCH3 is 2. The summed E-state index contributed by atoms with van der Waals surface area (Å²) in [6.07, 6.45) is 2.58. The van der Waals surface area contributed by atoms with Crippen LogP contribution in [-0.4, -0.2) is 64.6 Å². The molecule has 2 aliphatic heterocycles. The molecule has 3 fully saturated rings. The van der Waals surface area contributed by atoms with Crippen molar-refractivity contribution in [1.29, 1.82) is 0 Å². The summed E-state index contributed by atoms with van der Waals surface area (Å²) in [5, 5.41) is 7.42. The number of rotatable bonds is 6. The van der Waals surface area contributed by atoms with Gasteiger partial charge in [0.15, 0.2) is 5.96 Å². The number of fused-ring (bicyclic) bond motifs is 1. The van der Waals surface area contributed by atoms with E-state index in [1.54, 1.807) is 14.2 Å². The van der Waals surface area contributed by atoms with Crippen molar-refractivity contribution in [3.8, 4) is 11.5 Å². The summed E-state index contributed by atoms with van der Waals surface area (Å²) in [7, 11) is 3.38. The Hall–Kier alpha value is -2.15. The van der Waals surface area contributed by atoms with Gasteiger partial charge in [-0.1, -0.05) is 13.8 Å². The van der Waals surface area contributed by atoms with Crippen LogP contribution in [0.1, 0.15) is 33.6 Å². The zero-order valence-electron chi connectivity index (χ0n) is 18.9. The maximum absolute atomic E-state index is 5.95. The van der Waals surface area contributed by atoms with Crippen LogP contribution in [0.2, 0.25) is 0 Å². The number of anilines is 1. The molecule has 1 aliphatic carbocycles. The molecule has 7 heteroatoms. The Labute approximate surface area is 180 Å². The van der Waals surface area contributed by atoms with E-state index in [0.717, 1.165) is 62.2 Å². The average molecular weight is 417 g/mol. The van der Waals surface area contributed by atoms with Gasteiger partial charge in [0.2, 0.25) is 0 Å². The molecule has 0 spiro atoms. The van der Waals surface area contributed by atoms with Crippen molar-refractivity contribution >= 4 is 11.6 Å². The molecule has 0 radical (unpaired) electrons. The molecule has 30 heavy (non-hydrogen) atoms. The number of guanidine groups is 1. The second-order valence-corrected chi connectivity index (χ2v) is 9.16. The summed E-state index contributed by atoms with van der Waals surface area (Å²) < 4.78 is 16.8. The minimum Gasteiger partial charge on any atom is -0.497 e. The first-order valence-electron chi connectivity index (χ1n) is 11.1. The highest BCUT2D eigenvalue weighted by Gasteiger charge is 2.59. The maximum Gasteiger partial charge on any atom is 0.191 e. The highest BCUT2D eigenvalue weighted by molar-refractivity contribution is 5.81. The van der Waals surface area contributed by atoms with Gasteiger partial charge in [0.1, 0.15) is 11.5 Å². The largest absolute Gasteiger partial charge is 0.497 e. The smallest absolute Gasteiger partial charge is 0.191 e. The summed E-state index contributed by atoms with van der Waals surface area (Å²) >= 11 is 0. The number of nitrogens with one attached hydrogen (secondary N) is 2. The predicted octanol–water partition coefficient (Wildman–Crippen LogP) is 2.65. The standard InChI is InChI=1S/C23H36N4O3/c1-6-24-22(26-20-19-8-10-30-21(19)23(20,2)3)25-15-7-9-27(14-15)16-11-17(28-4)13-18(12-16)29-5/h11-13,15,19-21H,6-10,14H2,1-5H3,(H2,24,25,26). The SMILES string of the molecule is CCN=C(NC1CCN(c2cc(OC)cc(OC)c2)C1)NC1C2CCOC2C1(C)C. The van der Waals surface area contributed by atoms with Gasteiger partial charge in [0.05, 0.1) is 20.3 Å². The van der Waals surface area contributed by atoms with Gasteiger partial charge in [0, 0.05) is 73.5 Å². The lowest BCUT2D eigenvalue weighted by Gasteiger charge is -2.55. The minimum atomic E-state index is 0.135. The van der Waals surface area contributed by atoms with Crippen molar-refractivity contribution in [3.05, 3.63) is 18.2 Å². The molecule has 2 saturated heterocycles. The van der Waals surface area contributed by atoms with Crippen LogP contribution in [0.4, 0.5) is 5.69 Å². The number of hydrogen-bond donors (Lipinski definition) is 2. The molecular weight excluding hydrogens is 380 g/mol. The molecule has 1 aromatic carbocycles. The third-order valence-electron chi connectivity index (χ3n) is 6.94. The van der Waals surface area contributed by atoms with Crippen LogP contribution in [0.5, 0.6) is 11.5 Å². The lowest BCUT2D eigenvalue weighted by molar-refractivity contribution is -0.106. The van der Waals surface area contributed by atoms with Crippen molar-refractivity contribution in [2.45, 2.75) is 51.8 Å². The van der Waals surface area contributed by atoms with E-state index in [0.29, 0.717) is 24.1 Å². The molecule has 2 heterocycles. The Morgan fingerprint density at radius 1 is 1.17 bits per heavy atom. The third kappa shape index (κ3) is 3.92. The average Bonchev–Trinajstić information content (AvgIpc) is 3.40. The third-order valence-corrected chi connectivity index (χ3v) is 6.94.